The molecule has 1 aromatic heterocycles. The molecule has 0 saturated heterocycles. The molecule has 0 bridgehead atoms. The van der Waals surface area contributed by atoms with Gasteiger partial charge in [-0.3, -0.25) is 0 Å². The average Bonchev–Trinajstić information content (AvgIpc) is 2.48. The van der Waals surface area contributed by atoms with E-state index in [1.54, 1.807) is 18.2 Å². The number of nitrogens with one attached hydrogen (secondary N) is 1. The quantitative estimate of drug-likeness (QED) is 0.817. The van der Waals surface area contributed by atoms with Crippen molar-refractivity contribution >= 4 is 17.4 Å². The van der Waals surface area contributed by atoms with Crippen LogP contribution in [0, 0.1) is 0 Å². The highest BCUT2D eigenvalue weighted by atomic mass is 16.4. The van der Waals surface area contributed by atoms with E-state index in [0.717, 1.165) is 12.1 Å². The number of anilines is 1. The maximum absolute atomic E-state index is 11.3. The monoisotopic (exact) mass is 268 g/mol. The number of carboxylic acids is 1. The van der Waals surface area contributed by atoms with Crippen LogP contribution >= 0.6 is 0 Å². The second-order valence-corrected chi connectivity index (χ2v) is 4.24. The minimum Gasteiger partial charge on any atom is -0.478 e. The van der Waals surface area contributed by atoms with Crippen LogP contribution in [0.1, 0.15) is 18.2 Å². The predicted molar refractivity (Wildman–Crippen MR) is 79.3 cm³/mol. The number of aryl methyl sites for hydroxylation is 1. The molecule has 0 aliphatic rings. The van der Waals surface area contributed by atoms with Crippen LogP contribution in [0.2, 0.25) is 0 Å². The molecular weight excluding hydrogens is 252 g/mol. The van der Waals surface area contributed by atoms with Gasteiger partial charge in [-0.05, 0) is 24.1 Å². The summed E-state index contributed by atoms with van der Waals surface area (Å²) in [6, 6.07) is 14.6. The van der Waals surface area contributed by atoms with E-state index in [0.29, 0.717) is 11.4 Å². The maximum Gasteiger partial charge on any atom is 0.337 e. The summed E-state index contributed by atoms with van der Waals surface area (Å²) in [6.45, 7) is 2.02. The lowest BCUT2D eigenvalue weighted by Crippen LogP contribution is -2.03. The molecule has 2 N–H and O–H groups in total. The Hall–Kier alpha value is -2.62. The highest BCUT2D eigenvalue weighted by molar-refractivity contribution is 6.15. The highest BCUT2D eigenvalue weighted by Crippen LogP contribution is 2.15. The molecule has 4 nitrogen and oxygen atoms in total. The fourth-order valence-electron chi connectivity index (χ4n) is 1.79. The van der Waals surface area contributed by atoms with E-state index in [1.165, 1.54) is 6.20 Å². The Bertz CT molecular complexity index is 621. The summed E-state index contributed by atoms with van der Waals surface area (Å²) in [7, 11) is 0. The topological polar surface area (TPSA) is 62.2 Å². The lowest BCUT2D eigenvalue weighted by Gasteiger charge is -2.05. The van der Waals surface area contributed by atoms with E-state index in [2.05, 4.69) is 10.3 Å². The summed E-state index contributed by atoms with van der Waals surface area (Å²) in [4.78, 5) is 15.7. The molecule has 0 aliphatic carbocycles. The van der Waals surface area contributed by atoms with Crippen LogP contribution in [0.5, 0.6) is 0 Å². The zero-order valence-electron chi connectivity index (χ0n) is 11.2. The van der Waals surface area contributed by atoms with Gasteiger partial charge in [0, 0.05) is 11.9 Å². The van der Waals surface area contributed by atoms with Gasteiger partial charge in [0.2, 0.25) is 0 Å². The highest BCUT2D eigenvalue weighted by Gasteiger charge is 2.09. The Morgan fingerprint density at radius 2 is 1.95 bits per heavy atom. The number of carboxylic acid groups (broad SMARTS) is 1. The minimum atomic E-state index is -0.977. The van der Waals surface area contributed by atoms with E-state index in [4.69, 9.17) is 0 Å². The summed E-state index contributed by atoms with van der Waals surface area (Å²) in [6.07, 6.45) is 2.31. The molecule has 1 heterocycles. The van der Waals surface area contributed by atoms with Crippen LogP contribution in [0.4, 0.5) is 5.82 Å². The summed E-state index contributed by atoms with van der Waals surface area (Å²) in [5.74, 6) is -0.339. The molecule has 20 heavy (non-hydrogen) atoms. The Morgan fingerprint density at radius 3 is 2.60 bits per heavy atom. The number of hydrogen-bond acceptors (Lipinski definition) is 3. The molecule has 102 valence electrons. The van der Waals surface area contributed by atoms with Crippen molar-refractivity contribution in [2.45, 2.75) is 13.3 Å². The van der Waals surface area contributed by atoms with Crippen molar-refractivity contribution in [2.75, 3.05) is 5.32 Å². The van der Waals surface area contributed by atoms with Crippen LogP contribution < -0.4 is 5.32 Å². The van der Waals surface area contributed by atoms with Gasteiger partial charge < -0.3 is 10.4 Å². The van der Waals surface area contributed by atoms with Gasteiger partial charge in [-0.25, -0.2) is 9.78 Å². The number of hydrogen-bond donors (Lipinski definition) is 2. The van der Waals surface area contributed by atoms with Crippen molar-refractivity contribution in [3.8, 4) is 0 Å². The predicted octanol–water partition coefficient (Wildman–Crippen LogP) is 3.18. The molecule has 0 fully saturated rings. The normalized spacial score (nSPS) is 11.2. The van der Waals surface area contributed by atoms with Crippen molar-refractivity contribution in [3.05, 3.63) is 66.0 Å². The van der Waals surface area contributed by atoms with E-state index in [-0.39, 0.29) is 5.57 Å². The molecule has 0 atom stereocenters. The first-order chi connectivity index (χ1) is 9.70. The number of rotatable bonds is 5. The summed E-state index contributed by atoms with van der Waals surface area (Å²) in [5, 5.41) is 12.2. The maximum atomic E-state index is 11.3. The molecule has 2 rings (SSSR count). The van der Waals surface area contributed by atoms with Gasteiger partial charge >= 0.3 is 5.97 Å². The molecule has 0 spiro atoms. The minimum absolute atomic E-state index is 0.203. The lowest BCUT2D eigenvalue weighted by atomic mass is 10.1. The molecule has 0 unspecified atom stereocenters. The summed E-state index contributed by atoms with van der Waals surface area (Å²) >= 11 is 0. The largest absolute Gasteiger partial charge is 0.478 e. The third kappa shape index (κ3) is 3.45. The third-order valence-electron chi connectivity index (χ3n) is 2.85. The zero-order valence-corrected chi connectivity index (χ0v) is 11.2. The Balaban J connectivity index is 2.24. The molecule has 0 saturated carbocycles. The second-order valence-electron chi connectivity index (χ2n) is 4.24. The standard InChI is InChI=1S/C16H16N2O2/c1-2-13-9-6-10-15(18-13)17-11-14(16(19)20)12-7-4-3-5-8-12/h3-11H,2H2,1H3,(H,17,18)(H,19,20)/b14-11-. The van der Waals surface area contributed by atoms with Gasteiger partial charge in [0.05, 0.1) is 5.57 Å². The fourth-order valence-corrected chi connectivity index (χ4v) is 1.79. The number of aliphatic carboxylic acids is 1. The van der Waals surface area contributed by atoms with E-state index in [9.17, 15) is 9.90 Å². The van der Waals surface area contributed by atoms with Gasteiger partial charge in [-0.2, -0.15) is 0 Å². The first-order valence-corrected chi connectivity index (χ1v) is 6.42. The summed E-state index contributed by atoms with van der Waals surface area (Å²) < 4.78 is 0. The van der Waals surface area contributed by atoms with Crippen molar-refractivity contribution < 1.29 is 9.90 Å². The molecular formula is C16H16N2O2. The first kappa shape index (κ1) is 13.8. The molecule has 0 radical (unpaired) electrons. The fraction of sp³-hybridized carbons (Fsp3) is 0.125. The second kappa shape index (κ2) is 6.52. The Kier molecular flexibility index (Phi) is 4.50. The zero-order chi connectivity index (χ0) is 14.4. The Labute approximate surface area is 117 Å². The number of pyridine rings is 1. The SMILES string of the molecule is CCc1cccc(N/C=C(\C(=O)O)c2ccccc2)n1. The van der Waals surface area contributed by atoms with Crippen LogP contribution in [0.3, 0.4) is 0 Å². The van der Waals surface area contributed by atoms with Crippen LogP contribution in [0.25, 0.3) is 5.57 Å². The van der Waals surface area contributed by atoms with Gasteiger partial charge in [0.1, 0.15) is 5.82 Å². The lowest BCUT2D eigenvalue weighted by molar-refractivity contribution is -0.130. The van der Waals surface area contributed by atoms with Crippen molar-refractivity contribution in [3.63, 3.8) is 0 Å². The number of carbonyl (C=O) groups is 1. The van der Waals surface area contributed by atoms with Gasteiger partial charge in [0.25, 0.3) is 0 Å². The molecule has 0 aliphatic heterocycles. The average molecular weight is 268 g/mol. The number of nitrogens with zero attached hydrogens (tertiary/aromatic N) is 1. The van der Waals surface area contributed by atoms with Crippen LogP contribution in [-0.4, -0.2) is 16.1 Å². The Morgan fingerprint density at radius 1 is 1.20 bits per heavy atom. The molecule has 4 heteroatoms. The van der Waals surface area contributed by atoms with Gasteiger partial charge in [0.15, 0.2) is 0 Å². The molecule has 1 aromatic carbocycles. The van der Waals surface area contributed by atoms with Gasteiger partial charge in [-0.15, -0.1) is 0 Å². The van der Waals surface area contributed by atoms with Crippen molar-refractivity contribution in [1.82, 2.24) is 4.98 Å². The first-order valence-electron chi connectivity index (χ1n) is 6.42. The van der Waals surface area contributed by atoms with Gasteiger partial charge in [-0.1, -0.05) is 43.3 Å². The third-order valence-corrected chi connectivity index (χ3v) is 2.85. The van der Waals surface area contributed by atoms with Crippen LogP contribution in [0.15, 0.2) is 54.7 Å². The summed E-state index contributed by atoms with van der Waals surface area (Å²) in [5.41, 5.74) is 1.81. The van der Waals surface area contributed by atoms with E-state index in [1.807, 2.05) is 37.3 Å². The van der Waals surface area contributed by atoms with E-state index >= 15 is 0 Å². The van der Waals surface area contributed by atoms with Crippen molar-refractivity contribution in [2.24, 2.45) is 0 Å². The number of benzene rings is 1. The van der Waals surface area contributed by atoms with Crippen LogP contribution in [-0.2, 0) is 11.2 Å². The smallest absolute Gasteiger partial charge is 0.337 e. The number of aromatic nitrogens is 1. The molecule has 0 amide bonds. The molecule has 2 aromatic rings. The van der Waals surface area contributed by atoms with Crippen molar-refractivity contribution in [1.29, 1.82) is 0 Å². The van der Waals surface area contributed by atoms with E-state index < -0.39 is 5.97 Å².